The lowest BCUT2D eigenvalue weighted by atomic mass is 10.4. The fourth-order valence-electron chi connectivity index (χ4n) is 1.32. The van der Waals surface area contributed by atoms with E-state index in [9.17, 15) is 0 Å². The minimum absolute atomic E-state index is 0.728. The summed E-state index contributed by atoms with van der Waals surface area (Å²) in [5.41, 5.74) is 6.16. The highest BCUT2D eigenvalue weighted by atomic mass is 28.3. The van der Waals surface area contributed by atoms with E-state index in [0.717, 1.165) is 18.8 Å². The first-order valence-corrected chi connectivity index (χ1v) is 8.03. The van der Waals surface area contributed by atoms with Crippen LogP contribution in [0.1, 0.15) is 13.3 Å². The zero-order valence-electron chi connectivity index (χ0n) is 8.28. The normalized spacial score (nSPS) is 15.0. The van der Waals surface area contributed by atoms with Crippen molar-refractivity contribution in [1.29, 1.82) is 0 Å². The molecule has 0 aliphatic carbocycles. The van der Waals surface area contributed by atoms with Crippen molar-refractivity contribution in [2.75, 3.05) is 13.1 Å². The molecule has 3 N–H and O–H groups in total. The van der Waals surface area contributed by atoms with Gasteiger partial charge in [-0.05, 0) is 12.1 Å². The topological polar surface area (TPSA) is 38.0 Å². The van der Waals surface area contributed by atoms with E-state index in [-0.39, 0.29) is 0 Å². The molecule has 0 rings (SSSR count). The van der Waals surface area contributed by atoms with Crippen LogP contribution in [0.15, 0.2) is 0 Å². The molecule has 0 radical (unpaired) electrons. The van der Waals surface area contributed by atoms with Crippen molar-refractivity contribution >= 4 is 8.07 Å². The Balaban J connectivity index is 3.76. The van der Waals surface area contributed by atoms with Crippen LogP contribution in [-0.4, -0.2) is 26.8 Å². The van der Waals surface area contributed by atoms with Gasteiger partial charge < -0.3 is 11.1 Å². The molecule has 0 aliphatic heterocycles. The molecular weight excluding hydrogens is 152 g/mol. The van der Waals surface area contributed by atoms with Gasteiger partial charge in [0.2, 0.25) is 0 Å². The summed E-state index contributed by atoms with van der Waals surface area (Å²) in [6.07, 6.45) is 1.23. The van der Waals surface area contributed by atoms with Gasteiger partial charge in [-0.2, -0.15) is 0 Å². The van der Waals surface area contributed by atoms with Gasteiger partial charge in [0.1, 0.15) is 0 Å². The Labute approximate surface area is 71.6 Å². The molecule has 0 amide bonds. The monoisotopic (exact) mass is 174 g/mol. The molecule has 0 saturated carbocycles. The van der Waals surface area contributed by atoms with Crippen molar-refractivity contribution in [1.82, 2.24) is 5.32 Å². The van der Waals surface area contributed by atoms with E-state index in [2.05, 4.69) is 31.9 Å². The molecule has 0 aromatic carbocycles. The van der Waals surface area contributed by atoms with Crippen LogP contribution in [0, 0.1) is 0 Å². The van der Waals surface area contributed by atoms with Crippen molar-refractivity contribution < 1.29 is 0 Å². The third-order valence-electron chi connectivity index (χ3n) is 1.99. The zero-order chi connectivity index (χ0) is 8.91. The second-order valence-corrected chi connectivity index (χ2v) is 9.50. The predicted octanol–water partition coefficient (Wildman–Crippen LogP) is 1.19. The Kier molecular flexibility index (Phi) is 4.96. The molecule has 0 aromatic heterocycles. The van der Waals surface area contributed by atoms with E-state index in [1.807, 2.05) is 0 Å². The number of hydrogen-bond acceptors (Lipinski definition) is 2. The lowest BCUT2D eigenvalue weighted by Gasteiger charge is -2.28. The lowest BCUT2D eigenvalue weighted by Crippen LogP contribution is -2.49. The van der Waals surface area contributed by atoms with Gasteiger partial charge in [0, 0.05) is 13.1 Å². The summed E-state index contributed by atoms with van der Waals surface area (Å²) in [5, 5.41) is 3.50. The quantitative estimate of drug-likeness (QED) is 0.615. The van der Waals surface area contributed by atoms with Gasteiger partial charge in [0.05, 0.1) is 8.07 Å². The molecule has 0 bridgehead atoms. The highest BCUT2D eigenvalue weighted by Crippen LogP contribution is 2.09. The Morgan fingerprint density at radius 2 is 1.91 bits per heavy atom. The van der Waals surface area contributed by atoms with Gasteiger partial charge in [-0.15, -0.1) is 0 Å². The standard InChI is InChI=1S/C8H22N2Si/c1-5-8(10-7-6-9)11(2,3)4/h8,10H,5-7,9H2,1-4H3. The number of nitrogens with two attached hydrogens (primary N) is 1. The summed E-state index contributed by atoms with van der Waals surface area (Å²) >= 11 is 0. The van der Waals surface area contributed by atoms with Crippen LogP contribution in [-0.2, 0) is 0 Å². The maximum absolute atomic E-state index is 5.43. The highest BCUT2D eigenvalue weighted by Gasteiger charge is 2.23. The van der Waals surface area contributed by atoms with Crippen LogP contribution in [0.5, 0.6) is 0 Å². The number of rotatable bonds is 5. The van der Waals surface area contributed by atoms with Crippen molar-refractivity contribution in [3.05, 3.63) is 0 Å². The summed E-state index contributed by atoms with van der Waals surface area (Å²) in [5.74, 6) is 0. The van der Waals surface area contributed by atoms with Gasteiger partial charge >= 0.3 is 0 Å². The molecule has 0 fully saturated rings. The highest BCUT2D eigenvalue weighted by molar-refractivity contribution is 6.77. The predicted molar refractivity (Wildman–Crippen MR) is 54.5 cm³/mol. The molecule has 0 aliphatic rings. The second kappa shape index (κ2) is 4.90. The molecule has 2 nitrogen and oxygen atoms in total. The van der Waals surface area contributed by atoms with Crippen LogP contribution in [0.25, 0.3) is 0 Å². The molecule has 68 valence electrons. The fraction of sp³-hybridized carbons (Fsp3) is 1.00. The van der Waals surface area contributed by atoms with Crippen molar-refractivity contribution in [3.63, 3.8) is 0 Å². The van der Waals surface area contributed by atoms with Crippen LogP contribution in [0.3, 0.4) is 0 Å². The van der Waals surface area contributed by atoms with Crippen molar-refractivity contribution in [2.45, 2.75) is 38.7 Å². The van der Waals surface area contributed by atoms with E-state index in [1.54, 1.807) is 0 Å². The number of hydrogen-bond donors (Lipinski definition) is 2. The zero-order valence-corrected chi connectivity index (χ0v) is 9.28. The second-order valence-electron chi connectivity index (χ2n) is 4.07. The van der Waals surface area contributed by atoms with Crippen molar-refractivity contribution in [2.24, 2.45) is 5.73 Å². The average Bonchev–Trinajstić information content (AvgIpc) is 1.87. The molecule has 3 heteroatoms. The van der Waals surface area contributed by atoms with Gasteiger partial charge in [-0.1, -0.05) is 26.6 Å². The molecule has 1 atom stereocenters. The molecule has 0 saturated heterocycles. The lowest BCUT2D eigenvalue weighted by molar-refractivity contribution is 0.611. The summed E-state index contributed by atoms with van der Waals surface area (Å²) in [7, 11) is -0.991. The first-order valence-electron chi connectivity index (χ1n) is 4.45. The van der Waals surface area contributed by atoms with Crippen molar-refractivity contribution in [3.8, 4) is 0 Å². The molecule has 11 heavy (non-hydrogen) atoms. The molecular formula is C8H22N2Si. The Morgan fingerprint density at radius 1 is 1.36 bits per heavy atom. The van der Waals surface area contributed by atoms with E-state index >= 15 is 0 Å². The maximum Gasteiger partial charge on any atom is 0.0634 e. The third-order valence-corrected chi connectivity index (χ3v) is 4.69. The van der Waals surface area contributed by atoms with E-state index in [1.165, 1.54) is 6.42 Å². The Morgan fingerprint density at radius 3 is 2.18 bits per heavy atom. The molecule has 0 spiro atoms. The SMILES string of the molecule is CCC(NCCN)[Si](C)(C)C. The van der Waals surface area contributed by atoms with Crippen LogP contribution in [0.4, 0.5) is 0 Å². The number of nitrogens with one attached hydrogen (secondary N) is 1. The maximum atomic E-state index is 5.43. The van der Waals surface area contributed by atoms with Gasteiger partial charge in [-0.25, -0.2) is 0 Å². The summed E-state index contributed by atoms with van der Waals surface area (Å²) < 4.78 is 0. The van der Waals surface area contributed by atoms with Crippen LogP contribution in [0.2, 0.25) is 19.6 Å². The minimum Gasteiger partial charge on any atom is -0.329 e. The Bertz CT molecular complexity index is 98.8. The molecule has 1 unspecified atom stereocenters. The van der Waals surface area contributed by atoms with Gasteiger partial charge in [0.25, 0.3) is 0 Å². The molecule has 0 heterocycles. The minimum atomic E-state index is -0.991. The van der Waals surface area contributed by atoms with Gasteiger partial charge in [0.15, 0.2) is 0 Å². The average molecular weight is 174 g/mol. The smallest absolute Gasteiger partial charge is 0.0634 e. The van der Waals surface area contributed by atoms with Crippen LogP contribution < -0.4 is 11.1 Å². The molecule has 0 aromatic rings. The van der Waals surface area contributed by atoms with E-state index in [0.29, 0.717) is 0 Å². The van der Waals surface area contributed by atoms with Gasteiger partial charge in [-0.3, -0.25) is 0 Å². The Hall–Kier alpha value is 0.137. The van der Waals surface area contributed by atoms with E-state index in [4.69, 9.17) is 5.73 Å². The first-order chi connectivity index (χ1) is 5.02. The van der Waals surface area contributed by atoms with Crippen LogP contribution >= 0.6 is 0 Å². The summed E-state index contributed by atoms with van der Waals surface area (Å²) in [6.45, 7) is 11.1. The largest absolute Gasteiger partial charge is 0.329 e. The summed E-state index contributed by atoms with van der Waals surface area (Å²) in [6, 6.07) is 0. The van der Waals surface area contributed by atoms with E-state index < -0.39 is 8.07 Å². The third kappa shape index (κ3) is 4.56. The first kappa shape index (κ1) is 11.1. The summed E-state index contributed by atoms with van der Waals surface area (Å²) in [4.78, 5) is 0. The fourth-order valence-corrected chi connectivity index (χ4v) is 3.30.